The molecule has 0 aliphatic heterocycles. The third kappa shape index (κ3) is 4.01. The molecule has 1 aliphatic carbocycles. The Morgan fingerprint density at radius 3 is 3.06 bits per heavy atom. The van der Waals surface area contributed by atoms with Gasteiger partial charge in [-0.15, -0.1) is 0 Å². The number of fused-ring (bicyclic) bond motifs is 1. The third-order valence-corrected chi connectivity index (χ3v) is 5.32. The van der Waals surface area contributed by atoms with E-state index in [2.05, 4.69) is 52.6 Å². The number of benzene rings is 1. The zero-order valence-corrected chi connectivity index (χ0v) is 13.6. The summed E-state index contributed by atoms with van der Waals surface area (Å²) in [7, 11) is 0. The van der Waals surface area contributed by atoms with Crippen molar-refractivity contribution in [2.75, 3.05) is 12.8 Å². The van der Waals surface area contributed by atoms with Crippen molar-refractivity contribution in [2.45, 2.75) is 43.9 Å². The maximum Gasteiger partial charge on any atom is 0.0178 e. The van der Waals surface area contributed by atoms with E-state index in [0.717, 1.165) is 11.8 Å². The summed E-state index contributed by atoms with van der Waals surface area (Å²) in [4.78, 5) is 0. The van der Waals surface area contributed by atoms with Gasteiger partial charge >= 0.3 is 0 Å². The summed E-state index contributed by atoms with van der Waals surface area (Å²) in [6.07, 6.45) is 7.14. The van der Waals surface area contributed by atoms with E-state index in [1.165, 1.54) is 41.3 Å². The first kappa shape index (κ1) is 14.4. The Bertz CT molecular complexity index is 394. The van der Waals surface area contributed by atoms with Crippen LogP contribution >= 0.6 is 27.7 Å². The summed E-state index contributed by atoms with van der Waals surface area (Å²) in [6.45, 7) is 3.46. The summed E-state index contributed by atoms with van der Waals surface area (Å²) >= 11 is 5.51. The Hall–Kier alpha value is 0.01000. The molecule has 18 heavy (non-hydrogen) atoms. The van der Waals surface area contributed by atoms with Gasteiger partial charge in [0.25, 0.3) is 0 Å². The number of hydrogen-bond acceptors (Lipinski definition) is 2. The predicted molar refractivity (Wildman–Crippen MR) is 85.6 cm³/mol. The Morgan fingerprint density at radius 2 is 2.28 bits per heavy atom. The minimum Gasteiger partial charge on any atom is -0.314 e. The second-order valence-corrected chi connectivity index (χ2v) is 7.33. The zero-order valence-electron chi connectivity index (χ0n) is 11.2. The fourth-order valence-electron chi connectivity index (χ4n) is 2.51. The van der Waals surface area contributed by atoms with Gasteiger partial charge in [-0.2, -0.15) is 11.8 Å². The predicted octanol–water partition coefficient (Wildman–Crippen LogP) is 4.04. The summed E-state index contributed by atoms with van der Waals surface area (Å²) in [5.74, 6) is 0. The lowest BCUT2D eigenvalue weighted by Crippen LogP contribution is -2.35. The van der Waals surface area contributed by atoms with E-state index in [0.29, 0.717) is 6.04 Å². The van der Waals surface area contributed by atoms with E-state index in [1.54, 1.807) is 0 Å². The van der Waals surface area contributed by atoms with Crippen LogP contribution in [0.25, 0.3) is 0 Å². The van der Waals surface area contributed by atoms with Crippen molar-refractivity contribution < 1.29 is 0 Å². The maximum atomic E-state index is 3.72. The van der Waals surface area contributed by atoms with Gasteiger partial charge in [0.1, 0.15) is 0 Å². The van der Waals surface area contributed by atoms with E-state index in [4.69, 9.17) is 0 Å². The molecule has 0 radical (unpaired) electrons. The molecule has 3 heteroatoms. The van der Waals surface area contributed by atoms with Crippen LogP contribution in [0.4, 0.5) is 0 Å². The van der Waals surface area contributed by atoms with Crippen LogP contribution in [-0.2, 0) is 12.8 Å². The smallest absolute Gasteiger partial charge is 0.0178 e. The minimum atomic E-state index is 0.674. The van der Waals surface area contributed by atoms with Crippen molar-refractivity contribution in [1.82, 2.24) is 5.32 Å². The standard InChI is InChI=1S/C15H22BrNS/c1-11(18-2)7-8-17-15-6-4-12-9-14(16)5-3-13(12)10-15/h3,5,9,11,15,17H,4,6-8,10H2,1-2H3. The number of nitrogens with one attached hydrogen (secondary N) is 1. The Balaban J connectivity index is 1.83. The third-order valence-electron chi connectivity index (χ3n) is 3.78. The molecule has 1 aromatic carbocycles. The summed E-state index contributed by atoms with van der Waals surface area (Å²) in [5, 5.41) is 4.49. The molecule has 0 aromatic heterocycles. The van der Waals surface area contributed by atoms with Crippen molar-refractivity contribution in [1.29, 1.82) is 0 Å². The van der Waals surface area contributed by atoms with Crippen LogP contribution in [-0.4, -0.2) is 24.1 Å². The molecule has 0 amide bonds. The van der Waals surface area contributed by atoms with Crippen LogP contribution in [0.5, 0.6) is 0 Å². The quantitative estimate of drug-likeness (QED) is 0.875. The molecule has 0 spiro atoms. The van der Waals surface area contributed by atoms with Gasteiger partial charge in [-0.25, -0.2) is 0 Å². The molecule has 0 heterocycles. The molecule has 2 atom stereocenters. The number of thioether (sulfide) groups is 1. The fraction of sp³-hybridized carbons (Fsp3) is 0.600. The fourth-order valence-corrected chi connectivity index (χ4v) is 3.27. The van der Waals surface area contributed by atoms with E-state index in [-0.39, 0.29) is 0 Å². The van der Waals surface area contributed by atoms with Crippen LogP contribution in [0.2, 0.25) is 0 Å². The van der Waals surface area contributed by atoms with Gasteiger partial charge < -0.3 is 5.32 Å². The molecule has 1 N–H and O–H groups in total. The second kappa shape index (κ2) is 6.97. The van der Waals surface area contributed by atoms with Crippen molar-refractivity contribution in [3.8, 4) is 0 Å². The average molecular weight is 328 g/mol. The molecule has 1 nitrogen and oxygen atoms in total. The van der Waals surface area contributed by atoms with Gasteiger partial charge in [-0.1, -0.05) is 28.9 Å². The van der Waals surface area contributed by atoms with Gasteiger partial charge in [0.15, 0.2) is 0 Å². The van der Waals surface area contributed by atoms with Crippen molar-refractivity contribution in [3.05, 3.63) is 33.8 Å². The SMILES string of the molecule is CSC(C)CCNC1CCc2cc(Br)ccc2C1. The van der Waals surface area contributed by atoms with Gasteiger partial charge in [-0.05, 0) is 61.7 Å². The average Bonchev–Trinajstić information content (AvgIpc) is 2.38. The Kier molecular flexibility index (Phi) is 5.58. The molecule has 0 fully saturated rings. The highest BCUT2D eigenvalue weighted by atomic mass is 79.9. The van der Waals surface area contributed by atoms with Crippen molar-refractivity contribution in [3.63, 3.8) is 0 Å². The molecule has 0 saturated carbocycles. The highest BCUT2D eigenvalue weighted by Gasteiger charge is 2.18. The molecule has 0 saturated heterocycles. The lowest BCUT2D eigenvalue weighted by molar-refractivity contribution is 0.454. The van der Waals surface area contributed by atoms with Crippen LogP contribution in [0.15, 0.2) is 22.7 Å². The molecular weight excluding hydrogens is 306 g/mol. The van der Waals surface area contributed by atoms with Gasteiger partial charge in [0.05, 0.1) is 0 Å². The summed E-state index contributed by atoms with van der Waals surface area (Å²) < 4.78 is 1.21. The molecule has 1 aromatic rings. The number of rotatable bonds is 5. The Labute approximate surface area is 123 Å². The van der Waals surface area contributed by atoms with Crippen LogP contribution in [0, 0.1) is 0 Å². The van der Waals surface area contributed by atoms with Crippen molar-refractivity contribution >= 4 is 27.7 Å². The molecule has 2 unspecified atom stereocenters. The largest absolute Gasteiger partial charge is 0.314 e. The Morgan fingerprint density at radius 1 is 1.44 bits per heavy atom. The zero-order chi connectivity index (χ0) is 13.0. The van der Waals surface area contributed by atoms with E-state index in [9.17, 15) is 0 Å². The highest BCUT2D eigenvalue weighted by molar-refractivity contribution is 9.10. The van der Waals surface area contributed by atoms with Crippen molar-refractivity contribution in [2.24, 2.45) is 0 Å². The molecule has 2 rings (SSSR count). The van der Waals surface area contributed by atoms with Crippen LogP contribution in [0.1, 0.15) is 30.9 Å². The molecule has 1 aliphatic rings. The lowest BCUT2D eigenvalue weighted by Gasteiger charge is -2.26. The summed E-state index contributed by atoms with van der Waals surface area (Å²) in [6, 6.07) is 7.39. The number of halogens is 1. The molecule has 100 valence electrons. The highest BCUT2D eigenvalue weighted by Crippen LogP contribution is 2.24. The molecule has 0 bridgehead atoms. The minimum absolute atomic E-state index is 0.674. The lowest BCUT2D eigenvalue weighted by atomic mass is 9.88. The maximum absolute atomic E-state index is 3.72. The van der Waals surface area contributed by atoms with Crippen LogP contribution in [0.3, 0.4) is 0 Å². The first-order chi connectivity index (χ1) is 8.69. The first-order valence-corrected chi connectivity index (χ1v) is 8.80. The van der Waals surface area contributed by atoms with Gasteiger partial charge in [0, 0.05) is 15.8 Å². The summed E-state index contributed by atoms with van der Waals surface area (Å²) in [5.41, 5.74) is 3.06. The van der Waals surface area contributed by atoms with E-state index in [1.807, 2.05) is 11.8 Å². The van der Waals surface area contributed by atoms with E-state index >= 15 is 0 Å². The number of aryl methyl sites for hydroxylation is 1. The normalized spacial score (nSPS) is 20.5. The van der Waals surface area contributed by atoms with E-state index < -0.39 is 0 Å². The number of hydrogen-bond donors (Lipinski definition) is 1. The van der Waals surface area contributed by atoms with Gasteiger partial charge in [-0.3, -0.25) is 0 Å². The first-order valence-electron chi connectivity index (χ1n) is 6.72. The molecular formula is C15H22BrNS. The van der Waals surface area contributed by atoms with Gasteiger partial charge in [0.2, 0.25) is 0 Å². The second-order valence-electron chi connectivity index (χ2n) is 5.14. The van der Waals surface area contributed by atoms with Crippen LogP contribution < -0.4 is 5.32 Å². The topological polar surface area (TPSA) is 12.0 Å². The monoisotopic (exact) mass is 327 g/mol.